The highest BCUT2D eigenvalue weighted by atomic mass is 79.9. The smallest absolute Gasteiger partial charge is 0.343 e. The van der Waals surface area contributed by atoms with Crippen LogP contribution in [0.5, 0.6) is 11.5 Å². The topological polar surface area (TPSA) is 92.8 Å². The number of fused-ring (bicyclic) bond motifs is 1. The van der Waals surface area contributed by atoms with Gasteiger partial charge in [0.05, 0.1) is 23.9 Å². The molecular weight excluding hydrogens is 638 g/mol. The van der Waals surface area contributed by atoms with Crippen molar-refractivity contribution in [1.29, 1.82) is 0 Å². The van der Waals surface area contributed by atoms with Gasteiger partial charge >= 0.3 is 5.97 Å². The molecule has 9 heteroatoms. The quantitative estimate of drug-likeness (QED) is 0.0771. The maximum atomic E-state index is 13.3. The Balaban J connectivity index is 1.36. The fourth-order valence-corrected chi connectivity index (χ4v) is 4.91. The summed E-state index contributed by atoms with van der Waals surface area (Å²) in [6, 6.07) is 27.5. The standard InChI is InChI=1S/C31H23Br2N3O4/c1-2-39-26-17-19(11-16-25(26)40-31(38)21-12-14-22(32)15-13-21)18-34-36-30(37)29-27(20-7-4-3-5-8-20)23-9-6-10-24(33)28(23)35-29/h3-18,35H,2H2,1H3,(H,36,37). The Kier molecular flexibility index (Phi) is 8.42. The lowest BCUT2D eigenvalue weighted by atomic mass is 10.0. The minimum Gasteiger partial charge on any atom is -0.490 e. The molecule has 0 aliphatic rings. The van der Waals surface area contributed by atoms with E-state index >= 15 is 0 Å². The predicted molar refractivity (Wildman–Crippen MR) is 163 cm³/mol. The van der Waals surface area contributed by atoms with Crippen LogP contribution in [-0.2, 0) is 0 Å². The number of aromatic nitrogens is 1. The molecule has 5 rings (SSSR count). The molecule has 1 aromatic heterocycles. The van der Waals surface area contributed by atoms with Crippen molar-refractivity contribution >= 4 is 60.9 Å². The molecule has 0 unspecified atom stereocenters. The Hall–Kier alpha value is -4.21. The van der Waals surface area contributed by atoms with Crippen molar-refractivity contribution in [3.63, 3.8) is 0 Å². The number of hydrogen-bond donors (Lipinski definition) is 2. The number of carbonyl (C=O) groups is 2. The zero-order chi connectivity index (χ0) is 28.1. The van der Waals surface area contributed by atoms with Gasteiger partial charge in [0.25, 0.3) is 5.91 Å². The second kappa shape index (κ2) is 12.3. The third kappa shape index (κ3) is 6.00. The van der Waals surface area contributed by atoms with Crippen molar-refractivity contribution in [1.82, 2.24) is 10.4 Å². The van der Waals surface area contributed by atoms with E-state index in [4.69, 9.17) is 9.47 Å². The first-order valence-corrected chi connectivity index (χ1v) is 14.0. The van der Waals surface area contributed by atoms with Crippen LogP contribution in [0.2, 0.25) is 0 Å². The summed E-state index contributed by atoms with van der Waals surface area (Å²) in [5.41, 5.74) is 6.61. The molecule has 0 saturated carbocycles. The molecule has 0 atom stereocenters. The lowest BCUT2D eigenvalue weighted by Crippen LogP contribution is -2.18. The van der Waals surface area contributed by atoms with Gasteiger partial charge in [-0.3, -0.25) is 4.79 Å². The summed E-state index contributed by atoms with van der Waals surface area (Å²) in [7, 11) is 0. The van der Waals surface area contributed by atoms with E-state index in [-0.39, 0.29) is 11.7 Å². The normalized spacial score (nSPS) is 11.1. The molecule has 0 spiro atoms. The highest BCUT2D eigenvalue weighted by Crippen LogP contribution is 2.35. The van der Waals surface area contributed by atoms with Crippen LogP contribution in [0, 0.1) is 0 Å². The van der Waals surface area contributed by atoms with Crippen LogP contribution in [0.15, 0.2) is 105 Å². The molecule has 4 aromatic carbocycles. The van der Waals surface area contributed by atoms with Crippen molar-refractivity contribution in [2.75, 3.05) is 6.61 Å². The van der Waals surface area contributed by atoms with Crippen LogP contribution in [0.1, 0.15) is 33.3 Å². The Morgan fingerprint density at radius 2 is 1.70 bits per heavy atom. The number of halogens is 2. The number of hydrogen-bond acceptors (Lipinski definition) is 5. The summed E-state index contributed by atoms with van der Waals surface area (Å²) in [5, 5.41) is 5.09. The maximum absolute atomic E-state index is 13.3. The molecule has 1 amide bonds. The largest absolute Gasteiger partial charge is 0.490 e. The number of ether oxygens (including phenoxy) is 2. The van der Waals surface area contributed by atoms with Gasteiger partial charge in [0.1, 0.15) is 5.69 Å². The van der Waals surface area contributed by atoms with E-state index in [1.807, 2.05) is 55.5 Å². The molecule has 40 heavy (non-hydrogen) atoms. The second-order valence-corrected chi connectivity index (χ2v) is 10.4. The number of amides is 1. The summed E-state index contributed by atoms with van der Waals surface area (Å²) in [6.07, 6.45) is 1.50. The van der Waals surface area contributed by atoms with Crippen LogP contribution in [0.4, 0.5) is 0 Å². The fourth-order valence-electron chi connectivity index (χ4n) is 4.18. The number of H-pyrrole nitrogens is 1. The van der Waals surface area contributed by atoms with Gasteiger partial charge in [-0.25, -0.2) is 10.2 Å². The van der Waals surface area contributed by atoms with E-state index in [0.717, 1.165) is 31.0 Å². The zero-order valence-electron chi connectivity index (χ0n) is 21.3. The average molecular weight is 661 g/mol. The second-order valence-electron chi connectivity index (χ2n) is 8.64. The van der Waals surface area contributed by atoms with Gasteiger partial charge in [0.15, 0.2) is 11.5 Å². The molecule has 0 aliphatic heterocycles. The molecular formula is C31H23Br2N3O4. The molecule has 5 aromatic rings. The molecule has 0 saturated heterocycles. The summed E-state index contributed by atoms with van der Waals surface area (Å²) in [5.74, 6) is -0.216. The number of rotatable bonds is 8. The summed E-state index contributed by atoms with van der Waals surface area (Å²) in [4.78, 5) is 29.1. The third-order valence-corrected chi connectivity index (χ3v) is 7.19. The van der Waals surface area contributed by atoms with Gasteiger partial charge in [-0.05, 0) is 82.5 Å². The first-order chi connectivity index (χ1) is 19.4. The summed E-state index contributed by atoms with van der Waals surface area (Å²) < 4.78 is 13.0. The number of nitrogens with one attached hydrogen (secondary N) is 2. The molecule has 200 valence electrons. The van der Waals surface area contributed by atoms with E-state index in [0.29, 0.717) is 29.2 Å². The Morgan fingerprint density at radius 3 is 2.45 bits per heavy atom. The van der Waals surface area contributed by atoms with Crippen LogP contribution in [-0.4, -0.2) is 29.7 Å². The van der Waals surface area contributed by atoms with Crippen molar-refractivity contribution in [3.05, 3.63) is 117 Å². The van der Waals surface area contributed by atoms with Gasteiger partial charge in [0, 0.05) is 19.9 Å². The Bertz CT molecular complexity index is 1710. The van der Waals surface area contributed by atoms with Gasteiger partial charge in [-0.15, -0.1) is 0 Å². The predicted octanol–water partition coefficient (Wildman–Crippen LogP) is 7.74. The maximum Gasteiger partial charge on any atom is 0.343 e. The van der Waals surface area contributed by atoms with E-state index in [9.17, 15) is 9.59 Å². The number of esters is 1. The van der Waals surface area contributed by atoms with Gasteiger partial charge in [-0.2, -0.15) is 5.10 Å². The van der Waals surface area contributed by atoms with E-state index in [1.165, 1.54) is 6.21 Å². The number of hydrazone groups is 1. The monoisotopic (exact) mass is 659 g/mol. The third-order valence-electron chi connectivity index (χ3n) is 6.00. The summed E-state index contributed by atoms with van der Waals surface area (Å²) >= 11 is 6.92. The first-order valence-electron chi connectivity index (χ1n) is 12.4. The number of benzene rings is 4. The molecule has 1 heterocycles. The highest BCUT2D eigenvalue weighted by Gasteiger charge is 2.20. The van der Waals surface area contributed by atoms with E-state index in [1.54, 1.807) is 42.5 Å². The van der Waals surface area contributed by atoms with Crippen molar-refractivity contribution in [2.24, 2.45) is 5.10 Å². The van der Waals surface area contributed by atoms with Gasteiger partial charge in [-0.1, -0.05) is 58.4 Å². The SMILES string of the molecule is CCOc1cc(C=NNC(=O)c2[nH]c3c(Br)cccc3c2-c2ccccc2)ccc1OC(=O)c1ccc(Br)cc1. The Labute approximate surface area is 247 Å². The van der Waals surface area contributed by atoms with Crippen LogP contribution >= 0.6 is 31.9 Å². The first kappa shape index (κ1) is 27.4. The van der Waals surface area contributed by atoms with Crippen LogP contribution in [0.25, 0.3) is 22.0 Å². The van der Waals surface area contributed by atoms with Crippen molar-refractivity contribution < 1.29 is 19.1 Å². The van der Waals surface area contributed by atoms with Crippen LogP contribution < -0.4 is 14.9 Å². The van der Waals surface area contributed by atoms with Gasteiger partial charge < -0.3 is 14.5 Å². The highest BCUT2D eigenvalue weighted by molar-refractivity contribution is 9.11. The molecule has 2 N–H and O–H groups in total. The van der Waals surface area contributed by atoms with Crippen molar-refractivity contribution in [2.45, 2.75) is 6.92 Å². The lowest BCUT2D eigenvalue weighted by molar-refractivity contribution is 0.0728. The van der Waals surface area contributed by atoms with E-state index < -0.39 is 5.97 Å². The average Bonchev–Trinajstić information content (AvgIpc) is 3.36. The van der Waals surface area contributed by atoms with E-state index in [2.05, 4.69) is 47.4 Å². The number of carbonyl (C=O) groups excluding carboxylic acids is 2. The molecule has 7 nitrogen and oxygen atoms in total. The lowest BCUT2D eigenvalue weighted by Gasteiger charge is -2.11. The molecule has 0 radical (unpaired) electrons. The number of para-hydroxylation sites is 1. The zero-order valence-corrected chi connectivity index (χ0v) is 24.5. The minimum atomic E-state index is -0.499. The molecule has 0 fully saturated rings. The molecule has 0 aliphatic carbocycles. The minimum absolute atomic E-state index is 0.284. The number of nitrogens with zero attached hydrogens (tertiary/aromatic N) is 1. The van der Waals surface area contributed by atoms with Gasteiger partial charge in [0.2, 0.25) is 0 Å². The molecule has 0 bridgehead atoms. The number of aromatic amines is 1. The van der Waals surface area contributed by atoms with Crippen LogP contribution in [0.3, 0.4) is 0 Å². The van der Waals surface area contributed by atoms with Crippen molar-refractivity contribution in [3.8, 4) is 22.6 Å². The summed E-state index contributed by atoms with van der Waals surface area (Å²) in [6.45, 7) is 2.21. The fraction of sp³-hybridized carbons (Fsp3) is 0.0645. The Morgan fingerprint density at radius 1 is 0.925 bits per heavy atom.